The second kappa shape index (κ2) is 4.94. The van der Waals surface area contributed by atoms with Crippen LogP contribution in [0.5, 0.6) is 0 Å². The lowest BCUT2D eigenvalue weighted by Gasteiger charge is -2.14. The number of benzene rings is 1. The molecule has 0 aliphatic carbocycles. The number of hydrogen-bond acceptors (Lipinski definition) is 4. The van der Waals surface area contributed by atoms with Gasteiger partial charge in [0.15, 0.2) is 11.5 Å². The van der Waals surface area contributed by atoms with Crippen molar-refractivity contribution in [3.05, 3.63) is 70.9 Å². The number of ketones is 1. The SMILES string of the molecule is Cc1ccc(C2NC(=O)C(O)=C2C(=O)c2ccco2)cc1. The molecule has 0 bridgehead atoms. The summed E-state index contributed by atoms with van der Waals surface area (Å²) in [5.41, 5.74) is 1.81. The highest BCUT2D eigenvalue weighted by molar-refractivity contribution is 6.14. The molecule has 106 valence electrons. The Morgan fingerprint density at radius 2 is 1.95 bits per heavy atom. The van der Waals surface area contributed by atoms with Crippen LogP contribution in [0.2, 0.25) is 0 Å². The quantitative estimate of drug-likeness (QED) is 0.848. The van der Waals surface area contributed by atoms with Crippen molar-refractivity contribution in [2.45, 2.75) is 13.0 Å². The Labute approximate surface area is 120 Å². The number of hydrogen-bond donors (Lipinski definition) is 2. The molecule has 1 unspecified atom stereocenters. The smallest absolute Gasteiger partial charge is 0.287 e. The highest BCUT2D eigenvalue weighted by atomic mass is 16.3. The van der Waals surface area contributed by atoms with Crippen LogP contribution < -0.4 is 5.32 Å². The first-order valence-electron chi connectivity index (χ1n) is 6.46. The predicted octanol–water partition coefficient (Wildman–Crippen LogP) is 2.45. The van der Waals surface area contributed by atoms with Crippen LogP contribution in [0.4, 0.5) is 0 Å². The van der Waals surface area contributed by atoms with Crippen LogP contribution in [0.1, 0.15) is 27.7 Å². The molecule has 0 spiro atoms. The van der Waals surface area contributed by atoms with Crippen molar-refractivity contribution in [1.82, 2.24) is 5.32 Å². The first-order valence-corrected chi connectivity index (χ1v) is 6.46. The van der Waals surface area contributed by atoms with E-state index in [9.17, 15) is 14.7 Å². The second-order valence-corrected chi connectivity index (χ2v) is 4.89. The van der Waals surface area contributed by atoms with Crippen LogP contribution in [0.15, 0.2) is 58.4 Å². The predicted molar refractivity (Wildman–Crippen MR) is 74.8 cm³/mol. The summed E-state index contributed by atoms with van der Waals surface area (Å²) in [6.45, 7) is 1.94. The minimum absolute atomic E-state index is 0.0128. The van der Waals surface area contributed by atoms with Crippen molar-refractivity contribution in [1.29, 1.82) is 0 Å². The van der Waals surface area contributed by atoms with Crippen molar-refractivity contribution in [3.8, 4) is 0 Å². The molecule has 1 aliphatic heterocycles. The van der Waals surface area contributed by atoms with Crippen molar-refractivity contribution in [3.63, 3.8) is 0 Å². The summed E-state index contributed by atoms with van der Waals surface area (Å²) in [4.78, 5) is 24.1. The summed E-state index contributed by atoms with van der Waals surface area (Å²) < 4.78 is 5.06. The fraction of sp³-hybridized carbons (Fsp3) is 0.125. The van der Waals surface area contributed by atoms with Gasteiger partial charge in [0.05, 0.1) is 17.9 Å². The Morgan fingerprint density at radius 3 is 2.57 bits per heavy atom. The lowest BCUT2D eigenvalue weighted by atomic mass is 9.95. The number of amides is 1. The third-order valence-electron chi connectivity index (χ3n) is 3.43. The molecule has 0 saturated carbocycles. The van der Waals surface area contributed by atoms with Crippen LogP contribution in [0, 0.1) is 6.92 Å². The van der Waals surface area contributed by atoms with Crippen molar-refractivity contribution in [2.24, 2.45) is 0 Å². The van der Waals surface area contributed by atoms with Gasteiger partial charge in [0.25, 0.3) is 5.91 Å². The van der Waals surface area contributed by atoms with Gasteiger partial charge >= 0.3 is 0 Å². The average Bonchev–Trinajstić information content (AvgIpc) is 3.09. The van der Waals surface area contributed by atoms with Gasteiger partial charge in [-0.3, -0.25) is 9.59 Å². The maximum Gasteiger partial charge on any atom is 0.287 e. The molecule has 5 nitrogen and oxygen atoms in total. The van der Waals surface area contributed by atoms with Crippen LogP contribution in [0.3, 0.4) is 0 Å². The van der Waals surface area contributed by atoms with Crippen molar-refractivity contribution in [2.75, 3.05) is 0 Å². The topological polar surface area (TPSA) is 79.5 Å². The zero-order valence-electron chi connectivity index (χ0n) is 11.3. The molecule has 2 N–H and O–H groups in total. The molecule has 2 aromatic rings. The molecule has 21 heavy (non-hydrogen) atoms. The maximum absolute atomic E-state index is 12.4. The van der Waals surface area contributed by atoms with Crippen LogP contribution >= 0.6 is 0 Å². The van der Waals surface area contributed by atoms with Crippen LogP contribution in [-0.2, 0) is 4.79 Å². The summed E-state index contributed by atoms with van der Waals surface area (Å²) in [5, 5.41) is 12.5. The monoisotopic (exact) mass is 283 g/mol. The summed E-state index contributed by atoms with van der Waals surface area (Å²) in [5.74, 6) is -1.62. The first-order chi connectivity index (χ1) is 10.1. The highest BCUT2D eigenvalue weighted by Crippen LogP contribution is 2.31. The Hall–Kier alpha value is -2.82. The summed E-state index contributed by atoms with van der Waals surface area (Å²) in [6.07, 6.45) is 1.37. The Morgan fingerprint density at radius 1 is 1.24 bits per heavy atom. The van der Waals surface area contributed by atoms with Gasteiger partial charge in [0.1, 0.15) is 0 Å². The van der Waals surface area contributed by atoms with E-state index in [-0.39, 0.29) is 11.3 Å². The summed E-state index contributed by atoms with van der Waals surface area (Å²) in [7, 11) is 0. The number of carbonyl (C=O) groups excluding carboxylic acids is 2. The van der Waals surface area contributed by atoms with E-state index in [0.717, 1.165) is 11.1 Å². The second-order valence-electron chi connectivity index (χ2n) is 4.89. The lowest BCUT2D eigenvalue weighted by Crippen LogP contribution is -2.23. The number of furan rings is 1. The molecule has 1 atom stereocenters. The summed E-state index contributed by atoms with van der Waals surface area (Å²) in [6, 6.07) is 9.80. The molecule has 1 aliphatic rings. The third kappa shape index (κ3) is 2.23. The molecule has 1 aromatic carbocycles. The van der Waals surface area contributed by atoms with Gasteiger partial charge in [-0.25, -0.2) is 0 Å². The van der Waals surface area contributed by atoms with E-state index in [1.54, 1.807) is 6.07 Å². The molecule has 2 heterocycles. The Balaban J connectivity index is 2.03. The zero-order valence-corrected chi connectivity index (χ0v) is 11.3. The van der Waals surface area contributed by atoms with Crippen molar-refractivity contribution < 1.29 is 19.1 Å². The van der Waals surface area contributed by atoms with Gasteiger partial charge in [-0.05, 0) is 24.6 Å². The van der Waals surface area contributed by atoms with Gasteiger partial charge in [0, 0.05) is 0 Å². The number of nitrogens with one attached hydrogen (secondary N) is 1. The molecule has 0 fully saturated rings. The first kappa shape index (κ1) is 13.2. The summed E-state index contributed by atoms with van der Waals surface area (Å²) >= 11 is 0. The van der Waals surface area contributed by atoms with E-state index in [2.05, 4.69) is 5.32 Å². The molecule has 0 saturated heterocycles. The van der Waals surface area contributed by atoms with Gasteiger partial charge in [-0.2, -0.15) is 0 Å². The molecule has 0 radical (unpaired) electrons. The van der Waals surface area contributed by atoms with Crippen molar-refractivity contribution >= 4 is 11.7 Å². The van der Waals surface area contributed by atoms with Crippen LogP contribution in [-0.4, -0.2) is 16.8 Å². The highest BCUT2D eigenvalue weighted by Gasteiger charge is 2.38. The van der Waals surface area contributed by atoms with E-state index >= 15 is 0 Å². The van der Waals surface area contributed by atoms with E-state index in [4.69, 9.17) is 4.42 Å². The molecule has 3 rings (SSSR count). The normalized spacial score (nSPS) is 18.0. The fourth-order valence-corrected chi connectivity index (χ4v) is 2.32. The minimum Gasteiger partial charge on any atom is -0.503 e. The number of Topliss-reactive ketones (excluding diaryl/α,β-unsaturated/α-hetero) is 1. The number of aliphatic hydroxyl groups excluding tert-OH is 1. The lowest BCUT2D eigenvalue weighted by molar-refractivity contribution is -0.119. The van der Waals surface area contributed by atoms with E-state index < -0.39 is 23.5 Å². The molecule has 1 amide bonds. The number of rotatable bonds is 3. The van der Waals surface area contributed by atoms with Gasteiger partial charge in [-0.15, -0.1) is 0 Å². The van der Waals surface area contributed by atoms with E-state index in [1.807, 2.05) is 31.2 Å². The Bertz CT molecular complexity index is 726. The van der Waals surface area contributed by atoms with Crippen LogP contribution in [0.25, 0.3) is 0 Å². The molecular formula is C16H13NO4. The third-order valence-corrected chi connectivity index (χ3v) is 3.43. The van der Waals surface area contributed by atoms with Gasteiger partial charge in [-0.1, -0.05) is 29.8 Å². The average molecular weight is 283 g/mol. The van der Waals surface area contributed by atoms with E-state index in [1.165, 1.54) is 12.3 Å². The Kier molecular flexibility index (Phi) is 3.10. The fourth-order valence-electron chi connectivity index (χ4n) is 2.32. The minimum atomic E-state index is -0.671. The van der Waals surface area contributed by atoms with E-state index in [0.29, 0.717) is 0 Å². The maximum atomic E-state index is 12.4. The zero-order chi connectivity index (χ0) is 15.0. The molecular weight excluding hydrogens is 270 g/mol. The standard InChI is InChI=1S/C16H13NO4/c1-9-4-6-10(7-5-9)13-12(15(19)16(20)17-13)14(18)11-3-2-8-21-11/h2-8,13,19H,1H3,(H,17,20). The number of aryl methyl sites for hydroxylation is 1. The number of carbonyl (C=O) groups is 2. The van der Waals surface area contributed by atoms with Gasteiger partial charge < -0.3 is 14.8 Å². The molecule has 5 heteroatoms. The largest absolute Gasteiger partial charge is 0.503 e. The molecule has 1 aromatic heterocycles. The van der Waals surface area contributed by atoms with Gasteiger partial charge in [0.2, 0.25) is 5.78 Å². The number of aliphatic hydroxyl groups is 1.